The van der Waals surface area contributed by atoms with Gasteiger partial charge in [0.25, 0.3) is 0 Å². The van der Waals surface area contributed by atoms with Crippen molar-refractivity contribution in [2.75, 3.05) is 0 Å². The van der Waals surface area contributed by atoms with Gasteiger partial charge < -0.3 is 16.1 Å². The minimum absolute atomic E-state index is 0. The van der Waals surface area contributed by atoms with E-state index in [0.29, 0.717) is 0 Å². The third-order valence-electron chi connectivity index (χ3n) is 0. The van der Waals surface area contributed by atoms with Crippen LogP contribution in [0.5, 0.6) is 0 Å². The maximum atomic E-state index is 8.88. The molecule has 0 aliphatic rings. The van der Waals surface area contributed by atoms with Crippen LogP contribution in [0.3, 0.4) is 0 Å². The first kappa shape index (κ1) is 16.0. The van der Waals surface area contributed by atoms with Gasteiger partial charge in [0.05, 0.1) is 0 Å². The monoisotopic (exact) mass is 243 g/mol. The summed E-state index contributed by atoms with van der Waals surface area (Å²) in [5, 5.41) is 0. The van der Waals surface area contributed by atoms with E-state index in [4.69, 9.17) is 19.2 Å². The summed E-state index contributed by atoms with van der Waals surface area (Å²) in [5.41, 5.74) is 0. The molecule has 0 bridgehead atoms. The van der Waals surface area contributed by atoms with Crippen molar-refractivity contribution in [1.82, 2.24) is 0 Å². The van der Waals surface area contributed by atoms with Crippen LogP contribution in [0.1, 0.15) is 1.43 Å². The second-order valence-electron chi connectivity index (χ2n) is 0.513. The first-order valence-electron chi connectivity index (χ1n) is 0.783. The van der Waals surface area contributed by atoms with Crippen LogP contribution in [0, 0.1) is 0 Å². The first-order valence-corrected chi connectivity index (χ1v) is 2.35. The van der Waals surface area contributed by atoms with Crippen molar-refractivity contribution in [2.45, 2.75) is 0 Å². The zero-order valence-corrected chi connectivity index (χ0v) is 9.09. The molecule has 0 fully saturated rings. The summed E-state index contributed by atoms with van der Waals surface area (Å²) in [6.45, 7) is 0. The van der Waals surface area contributed by atoms with E-state index in [-0.39, 0.29) is 55.4 Å². The first-order chi connectivity index (χ1) is 2.00. The average Bonchev–Trinajstić information content (AvgIpc) is 0.722. The van der Waals surface area contributed by atoms with Crippen LogP contribution in [0.4, 0.5) is 0 Å². The molecule has 0 rings (SSSR count). The molecule has 7 heteroatoms. The molecule has 0 amide bonds. The van der Waals surface area contributed by atoms with E-state index in [0.717, 1.165) is 0 Å². The minimum atomic E-state index is -4.64. The summed E-state index contributed by atoms with van der Waals surface area (Å²) in [6.07, 6.45) is 0. The van der Waals surface area contributed by atoms with Gasteiger partial charge in [-0.2, -0.15) is 0 Å². The van der Waals surface area contributed by atoms with E-state index in [1.165, 1.54) is 0 Å². The summed E-state index contributed by atoms with van der Waals surface area (Å²) in [5.74, 6) is 0. The van der Waals surface area contributed by atoms with Crippen LogP contribution in [0.2, 0.25) is 0 Å². The topological polar surface area (TPSA) is 77.8 Å². The van der Waals surface area contributed by atoms with Crippen molar-refractivity contribution in [2.24, 2.45) is 0 Å². The van der Waals surface area contributed by atoms with Crippen LogP contribution in [0.15, 0.2) is 0 Å². The molecule has 39 valence electrons. The van der Waals surface area contributed by atoms with E-state index < -0.39 is 7.82 Å². The maximum Gasteiger partial charge on any atom is 1.00 e. The molecular weight excluding hydrogens is 240 g/mol. The maximum absolute atomic E-state index is 8.88. The molecule has 0 aromatic carbocycles. The second-order valence-corrected chi connectivity index (χ2v) is 1.54. The molecular formula is H4NaO4PSb. The van der Waals surface area contributed by atoms with E-state index in [9.17, 15) is 0 Å². The summed E-state index contributed by atoms with van der Waals surface area (Å²) >= 11 is 0. The zero-order chi connectivity index (χ0) is 4.50. The summed E-state index contributed by atoms with van der Waals surface area (Å²) < 4.78 is 8.88. The Morgan fingerprint density at radius 3 is 1.29 bits per heavy atom. The van der Waals surface area contributed by atoms with E-state index >= 15 is 0 Å². The number of phosphoric acid groups is 1. The number of hydrogen-bond acceptors (Lipinski definition) is 1. The van der Waals surface area contributed by atoms with Gasteiger partial charge in [-0.3, -0.25) is 0 Å². The Morgan fingerprint density at radius 1 is 1.29 bits per heavy atom. The Kier molecular flexibility index (Phi) is 13.8. The molecule has 0 aliphatic heterocycles. The van der Waals surface area contributed by atoms with Gasteiger partial charge in [-0.05, 0) is 0 Å². The molecule has 0 aromatic rings. The Bertz CT molecular complexity index is 62.2. The van der Waals surface area contributed by atoms with Gasteiger partial charge in [-0.1, -0.05) is 0 Å². The van der Waals surface area contributed by atoms with Gasteiger partial charge in [0.1, 0.15) is 0 Å². The molecule has 0 atom stereocenters. The Morgan fingerprint density at radius 2 is 1.29 bits per heavy atom. The number of rotatable bonds is 0. The Labute approximate surface area is 81.8 Å². The standard InChI is InChI=1S/Na.H3O4P.Sb.H/c;1-5(2,3)4;;/h;(H3,1,2,3,4);;/q+1;;;-1. The van der Waals surface area contributed by atoms with Gasteiger partial charge >= 0.3 is 37.4 Å². The number of hydrogen-bond donors (Lipinski definition) is 3. The predicted octanol–water partition coefficient (Wildman–Crippen LogP) is -4.19. The van der Waals surface area contributed by atoms with Crippen LogP contribution in [0.25, 0.3) is 0 Å². The van der Waals surface area contributed by atoms with Gasteiger partial charge in [0.2, 0.25) is 0 Å². The van der Waals surface area contributed by atoms with Crippen molar-refractivity contribution >= 4 is 32.3 Å². The van der Waals surface area contributed by atoms with Gasteiger partial charge in [0, 0.05) is 24.4 Å². The molecule has 3 radical (unpaired) electrons. The summed E-state index contributed by atoms with van der Waals surface area (Å²) in [6, 6.07) is 0. The fourth-order valence-corrected chi connectivity index (χ4v) is 0. The van der Waals surface area contributed by atoms with Crippen molar-refractivity contribution in [3.63, 3.8) is 0 Å². The smallest absolute Gasteiger partial charge is 1.00 e. The van der Waals surface area contributed by atoms with Crippen molar-refractivity contribution < 1.29 is 50.2 Å². The van der Waals surface area contributed by atoms with E-state index in [1.54, 1.807) is 0 Å². The van der Waals surface area contributed by atoms with Crippen LogP contribution in [-0.4, -0.2) is 39.1 Å². The normalized spacial score (nSPS) is 8.43. The predicted molar refractivity (Wildman–Crippen MR) is 21.1 cm³/mol. The van der Waals surface area contributed by atoms with Gasteiger partial charge in [-0.25, -0.2) is 4.57 Å². The van der Waals surface area contributed by atoms with Gasteiger partial charge in [0.15, 0.2) is 0 Å². The zero-order valence-electron chi connectivity index (χ0n) is 4.64. The summed E-state index contributed by atoms with van der Waals surface area (Å²) in [4.78, 5) is 21.6. The SMILES string of the molecule is O=P(O)(O)O.[H-].[Na+].[Sb]. The van der Waals surface area contributed by atoms with Crippen molar-refractivity contribution in [3.8, 4) is 0 Å². The fraction of sp³-hybridized carbons (Fsp3) is 0. The van der Waals surface area contributed by atoms with Crippen molar-refractivity contribution in [3.05, 3.63) is 0 Å². The fourth-order valence-electron chi connectivity index (χ4n) is 0. The van der Waals surface area contributed by atoms with E-state index in [1.807, 2.05) is 0 Å². The minimum Gasteiger partial charge on any atom is -1.00 e. The Hall–Kier alpha value is 1.93. The van der Waals surface area contributed by atoms with Crippen LogP contribution < -0.4 is 29.6 Å². The average molecular weight is 244 g/mol. The molecule has 0 aromatic heterocycles. The molecule has 0 aliphatic carbocycles. The van der Waals surface area contributed by atoms with Crippen molar-refractivity contribution in [1.29, 1.82) is 0 Å². The molecule has 7 heavy (non-hydrogen) atoms. The van der Waals surface area contributed by atoms with Crippen LogP contribution in [-0.2, 0) is 4.57 Å². The molecule has 0 spiro atoms. The third kappa shape index (κ3) is 74.9. The van der Waals surface area contributed by atoms with Gasteiger partial charge in [-0.15, -0.1) is 0 Å². The third-order valence-corrected chi connectivity index (χ3v) is 0. The second kappa shape index (κ2) is 6.05. The molecule has 4 nitrogen and oxygen atoms in total. The molecule has 0 unspecified atom stereocenters. The molecule has 0 saturated heterocycles. The summed E-state index contributed by atoms with van der Waals surface area (Å²) in [7, 11) is -4.64. The van der Waals surface area contributed by atoms with Crippen LogP contribution >= 0.6 is 7.82 Å². The Balaban J connectivity index is -0.0000000267. The molecule has 3 N–H and O–H groups in total. The quantitative estimate of drug-likeness (QED) is 0.298. The van der Waals surface area contributed by atoms with E-state index in [2.05, 4.69) is 0 Å². The molecule has 0 saturated carbocycles. The molecule has 0 heterocycles. The largest absolute Gasteiger partial charge is 1.00 e.